The number of nitrogens with zero attached hydrogens (tertiary/aromatic N) is 3. The molecule has 0 aliphatic carbocycles. The molecular formula is C12H5ClF3N3O. The predicted octanol–water partition coefficient (Wildman–Crippen LogP) is 3.81. The van der Waals surface area contributed by atoms with E-state index >= 15 is 0 Å². The zero-order valence-electron chi connectivity index (χ0n) is 9.65. The summed E-state index contributed by atoms with van der Waals surface area (Å²) in [6.07, 6.45) is -4.72. The molecule has 8 heteroatoms. The lowest BCUT2D eigenvalue weighted by molar-refractivity contribution is -0.145. The molecule has 0 fully saturated rings. The zero-order valence-corrected chi connectivity index (χ0v) is 10.4. The Morgan fingerprint density at radius 3 is 2.60 bits per heavy atom. The van der Waals surface area contributed by atoms with E-state index in [4.69, 9.17) is 21.6 Å². The third-order valence-corrected chi connectivity index (χ3v) is 2.30. The van der Waals surface area contributed by atoms with Crippen LogP contribution in [0.3, 0.4) is 0 Å². The molecule has 0 saturated heterocycles. The van der Waals surface area contributed by atoms with Gasteiger partial charge in [-0.25, -0.2) is 4.98 Å². The van der Waals surface area contributed by atoms with E-state index in [9.17, 15) is 13.2 Å². The van der Waals surface area contributed by atoms with E-state index in [1.165, 1.54) is 24.3 Å². The Labute approximate surface area is 116 Å². The number of hydrogen-bond acceptors (Lipinski definition) is 4. The number of halogens is 4. The molecule has 0 spiro atoms. The Balaban J connectivity index is 2.34. The van der Waals surface area contributed by atoms with Crippen molar-refractivity contribution < 1.29 is 17.9 Å². The van der Waals surface area contributed by atoms with Crippen molar-refractivity contribution in [2.45, 2.75) is 6.18 Å². The molecular weight excluding hydrogens is 295 g/mol. The Morgan fingerprint density at radius 2 is 1.95 bits per heavy atom. The van der Waals surface area contributed by atoms with Crippen molar-refractivity contribution in [2.75, 3.05) is 0 Å². The van der Waals surface area contributed by atoms with Gasteiger partial charge in [-0.1, -0.05) is 17.7 Å². The molecule has 102 valence electrons. The van der Waals surface area contributed by atoms with Gasteiger partial charge in [0.1, 0.15) is 10.9 Å². The van der Waals surface area contributed by atoms with Crippen molar-refractivity contribution in [3.05, 3.63) is 46.9 Å². The number of hydrogen-bond donors (Lipinski definition) is 0. The van der Waals surface area contributed by atoms with E-state index in [1.807, 2.05) is 6.07 Å². The summed E-state index contributed by atoms with van der Waals surface area (Å²) in [5.41, 5.74) is 0.304. The summed E-state index contributed by atoms with van der Waals surface area (Å²) in [6, 6.07) is 8.83. The van der Waals surface area contributed by atoms with Crippen molar-refractivity contribution in [3.8, 4) is 17.7 Å². The molecule has 0 amide bonds. The average Bonchev–Trinajstić information content (AvgIpc) is 2.37. The lowest BCUT2D eigenvalue weighted by atomic mass is 10.2. The molecule has 1 aromatic carbocycles. The molecule has 2 rings (SSSR count). The molecule has 0 bridgehead atoms. The first-order valence-corrected chi connectivity index (χ1v) is 5.56. The molecule has 0 N–H and O–H groups in total. The highest BCUT2D eigenvalue weighted by Gasteiger charge is 2.35. The van der Waals surface area contributed by atoms with Crippen molar-refractivity contribution in [3.63, 3.8) is 0 Å². The zero-order chi connectivity index (χ0) is 14.8. The van der Waals surface area contributed by atoms with Gasteiger partial charge in [0.25, 0.3) is 0 Å². The van der Waals surface area contributed by atoms with E-state index in [0.717, 1.165) is 6.07 Å². The van der Waals surface area contributed by atoms with Gasteiger partial charge < -0.3 is 4.74 Å². The smallest absolute Gasteiger partial charge is 0.439 e. The summed E-state index contributed by atoms with van der Waals surface area (Å²) in [4.78, 5) is 6.31. The Hall–Kier alpha value is -2.33. The molecule has 0 aliphatic rings. The highest BCUT2D eigenvalue weighted by atomic mass is 35.5. The maximum absolute atomic E-state index is 12.5. The van der Waals surface area contributed by atoms with Crippen LogP contribution in [-0.2, 0) is 6.18 Å². The van der Waals surface area contributed by atoms with Gasteiger partial charge in [-0.2, -0.15) is 23.4 Å². The van der Waals surface area contributed by atoms with Crippen LogP contribution >= 0.6 is 11.6 Å². The number of aromatic nitrogens is 2. The van der Waals surface area contributed by atoms with E-state index in [2.05, 4.69) is 9.97 Å². The van der Waals surface area contributed by atoms with Crippen LogP contribution in [0.5, 0.6) is 11.6 Å². The van der Waals surface area contributed by atoms with E-state index in [1.54, 1.807) is 0 Å². The first kappa shape index (κ1) is 14.1. The normalized spacial score (nSPS) is 10.9. The summed E-state index contributed by atoms with van der Waals surface area (Å²) >= 11 is 5.50. The average molecular weight is 300 g/mol. The number of alkyl halides is 3. The van der Waals surface area contributed by atoms with Crippen LogP contribution in [0.1, 0.15) is 11.4 Å². The van der Waals surface area contributed by atoms with Gasteiger partial charge >= 0.3 is 6.18 Å². The summed E-state index contributed by atoms with van der Waals surface area (Å²) in [5.74, 6) is -1.57. The highest BCUT2D eigenvalue weighted by Crippen LogP contribution is 2.30. The minimum atomic E-state index is -4.72. The van der Waals surface area contributed by atoms with Crippen LogP contribution in [-0.4, -0.2) is 9.97 Å². The monoisotopic (exact) mass is 299 g/mol. The van der Waals surface area contributed by atoms with Crippen LogP contribution in [0.25, 0.3) is 0 Å². The fourth-order valence-electron chi connectivity index (χ4n) is 1.33. The molecule has 0 saturated carbocycles. The summed E-state index contributed by atoms with van der Waals surface area (Å²) in [7, 11) is 0. The molecule has 1 heterocycles. The van der Waals surface area contributed by atoms with E-state index in [0.29, 0.717) is 5.56 Å². The summed E-state index contributed by atoms with van der Waals surface area (Å²) < 4.78 is 42.7. The van der Waals surface area contributed by atoms with E-state index < -0.39 is 17.2 Å². The summed E-state index contributed by atoms with van der Waals surface area (Å²) in [6.45, 7) is 0. The van der Waals surface area contributed by atoms with Crippen molar-refractivity contribution in [2.24, 2.45) is 0 Å². The number of ether oxygens (including phenoxy) is 1. The second-order valence-electron chi connectivity index (χ2n) is 3.59. The number of benzene rings is 1. The van der Waals surface area contributed by atoms with Gasteiger partial charge in [0.2, 0.25) is 11.7 Å². The van der Waals surface area contributed by atoms with Gasteiger partial charge in [0, 0.05) is 6.07 Å². The Kier molecular flexibility index (Phi) is 3.77. The third-order valence-electron chi connectivity index (χ3n) is 2.11. The second kappa shape index (κ2) is 5.35. The molecule has 0 aliphatic heterocycles. The van der Waals surface area contributed by atoms with Crippen LogP contribution in [0, 0.1) is 11.3 Å². The quantitative estimate of drug-likeness (QED) is 0.791. The van der Waals surface area contributed by atoms with Crippen molar-refractivity contribution >= 4 is 11.6 Å². The van der Waals surface area contributed by atoms with Gasteiger partial charge in [-0.15, -0.1) is 0 Å². The first-order chi connectivity index (χ1) is 9.38. The van der Waals surface area contributed by atoms with Gasteiger partial charge in [-0.3, -0.25) is 0 Å². The largest absolute Gasteiger partial charge is 0.451 e. The standard InChI is InChI=1S/C12H5ClF3N3O/c13-9-5-10(19-11(18-9)12(14,15)16)20-8-3-1-2-7(4-8)6-17/h1-5H. The lowest BCUT2D eigenvalue weighted by Crippen LogP contribution is -2.11. The number of rotatable bonds is 2. The molecule has 0 unspecified atom stereocenters. The third kappa shape index (κ3) is 3.36. The molecule has 0 radical (unpaired) electrons. The first-order valence-electron chi connectivity index (χ1n) is 5.18. The molecule has 1 aromatic heterocycles. The SMILES string of the molecule is N#Cc1cccc(Oc2cc(Cl)nc(C(F)(F)F)n2)c1. The lowest BCUT2D eigenvalue weighted by Gasteiger charge is -2.09. The minimum absolute atomic E-state index is 0.173. The van der Waals surface area contributed by atoms with Crippen LogP contribution in [0.15, 0.2) is 30.3 Å². The Morgan fingerprint density at radius 1 is 1.20 bits per heavy atom. The topological polar surface area (TPSA) is 58.8 Å². The predicted molar refractivity (Wildman–Crippen MR) is 63.3 cm³/mol. The van der Waals surface area contributed by atoms with E-state index in [-0.39, 0.29) is 11.6 Å². The fourth-order valence-corrected chi connectivity index (χ4v) is 1.50. The van der Waals surface area contributed by atoms with Crippen molar-refractivity contribution in [1.29, 1.82) is 5.26 Å². The Bertz CT molecular complexity index is 682. The minimum Gasteiger partial charge on any atom is -0.439 e. The summed E-state index contributed by atoms with van der Waals surface area (Å²) in [5, 5.41) is 8.33. The van der Waals surface area contributed by atoms with Crippen LogP contribution in [0.4, 0.5) is 13.2 Å². The number of nitriles is 1. The molecule has 0 atom stereocenters. The van der Waals surface area contributed by atoms with Gasteiger partial charge in [0.05, 0.1) is 11.6 Å². The van der Waals surface area contributed by atoms with Gasteiger partial charge in [0.15, 0.2) is 0 Å². The second-order valence-corrected chi connectivity index (χ2v) is 3.98. The maximum atomic E-state index is 12.5. The molecule has 2 aromatic rings. The fraction of sp³-hybridized carbons (Fsp3) is 0.0833. The molecule has 4 nitrogen and oxygen atoms in total. The van der Waals surface area contributed by atoms with Crippen LogP contribution < -0.4 is 4.74 Å². The maximum Gasteiger partial charge on any atom is 0.451 e. The van der Waals surface area contributed by atoms with Crippen molar-refractivity contribution in [1.82, 2.24) is 9.97 Å². The van der Waals surface area contributed by atoms with Gasteiger partial charge in [-0.05, 0) is 18.2 Å². The highest BCUT2D eigenvalue weighted by molar-refractivity contribution is 6.29. The van der Waals surface area contributed by atoms with Crippen LogP contribution in [0.2, 0.25) is 5.15 Å². The molecule has 20 heavy (non-hydrogen) atoms.